The van der Waals surface area contributed by atoms with Crippen molar-refractivity contribution in [3.8, 4) is 46.0 Å². The molecule has 0 bridgehead atoms. The van der Waals surface area contributed by atoms with Crippen LogP contribution in [0.4, 0.5) is 0 Å². The fourth-order valence-corrected chi connectivity index (χ4v) is 14.2. The predicted octanol–water partition coefficient (Wildman–Crippen LogP) is 13.0. The molecule has 12 nitrogen and oxygen atoms in total. The van der Waals surface area contributed by atoms with Crippen molar-refractivity contribution < 1.29 is 37.9 Å². The van der Waals surface area contributed by atoms with Crippen molar-refractivity contribution in [2.45, 2.75) is 176 Å². The first-order chi connectivity index (χ1) is 37.7. The van der Waals surface area contributed by atoms with E-state index >= 15 is 0 Å². The summed E-state index contributed by atoms with van der Waals surface area (Å²) in [4.78, 5) is 0. The molecule has 1 fully saturated rings. The Labute approximate surface area is 462 Å². The van der Waals surface area contributed by atoms with Crippen molar-refractivity contribution in [2.24, 2.45) is 10.8 Å². The third-order valence-electron chi connectivity index (χ3n) is 17.7. The van der Waals surface area contributed by atoms with E-state index < -0.39 is 0 Å². The maximum absolute atomic E-state index is 6.26. The van der Waals surface area contributed by atoms with Crippen molar-refractivity contribution in [3.63, 3.8) is 0 Å². The van der Waals surface area contributed by atoms with E-state index in [9.17, 15) is 0 Å². The number of benzene rings is 4. The summed E-state index contributed by atoms with van der Waals surface area (Å²) < 4.78 is 49.7. The number of ether oxygens (including phenoxy) is 8. The predicted molar refractivity (Wildman–Crippen MR) is 309 cm³/mol. The van der Waals surface area contributed by atoms with Gasteiger partial charge in [-0.3, -0.25) is 0 Å². The highest BCUT2D eigenvalue weighted by molar-refractivity contribution is 5.53. The van der Waals surface area contributed by atoms with Gasteiger partial charge in [-0.05, 0) is 282 Å². The molecular formula is C65H94N4O8. The molecule has 0 aromatic heterocycles. The Balaban J connectivity index is 1.07. The van der Waals surface area contributed by atoms with Crippen LogP contribution in [0.5, 0.6) is 46.0 Å². The maximum Gasteiger partial charge on any atom is 0.161 e. The quantitative estimate of drug-likeness (QED) is 0.0433. The van der Waals surface area contributed by atoms with E-state index in [4.69, 9.17) is 37.9 Å². The van der Waals surface area contributed by atoms with E-state index in [0.29, 0.717) is 52.9 Å². The molecule has 4 atom stereocenters. The maximum atomic E-state index is 6.26. The van der Waals surface area contributed by atoms with E-state index in [-0.39, 0.29) is 35.0 Å². The van der Waals surface area contributed by atoms with Gasteiger partial charge in [-0.25, -0.2) is 0 Å². The van der Waals surface area contributed by atoms with Crippen molar-refractivity contribution in [1.29, 1.82) is 0 Å². The van der Waals surface area contributed by atoms with Crippen LogP contribution in [0.3, 0.4) is 0 Å². The SMILES string of the molecule is CCOc1cc2c(cc1OCC)C(CCC1(CCC3NCCc4cc(OCC)c(OCC)cc43)CCC(CCC3NCCc4cc(OCC)c(OCC)cc43)(CCC3NCCc4cc(OCC)c(OCC)cc43)C1)NCC2. The summed E-state index contributed by atoms with van der Waals surface area (Å²) in [6, 6.07) is 19.3. The third kappa shape index (κ3) is 13.3. The van der Waals surface area contributed by atoms with Crippen molar-refractivity contribution in [1.82, 2.24) is 21.3 Å². The summed E-state index contributed by atoms with van der Waals surface area (Å²) in [6.07, 6.45) is 16.5. The Hall–Kier alpha value is -4.88. The Kier molecular flexibility index (Phi) is 19.8. The van der Waals surface area contributed by atoms with Crippen LogP contribution in [0.15, 0.2) is 48.5 Å². The molecule has 0 saturated heterocycles. The van der Waals surface area contributed by atoms with Crippen LogP contribution in [0.2, 0.25) is 0 Å². The molecule has 1 saturated carbocycles. The summed E-state index contributed by atoms with van der Waals surface area (Å²) in [5, 5.41) is 16.1. The van der Waals surface area contributed by atoms with Gasteiger partial charge in [-0.1, -0.05) is 0 Å². The molecule has 4 N–H and O–H groups in total. The van der Waals surface area contributed by atoms with Gasteiger partial charge < -0.3 is 59.2 Å². The second-order valence-electron chi connectivity index (χ2n) is 22.3. The zero-order chi connectivity index (χ0) is 53.8. The lowest BCUT2D eigenvalue weighted by molar-refractivity contribution is 0.147. The lowest BCUT2D eigenvalue weighted by Gasteiger charge is -2.40. The lowest BCUT2D eigenvalue weighted by Crippen LogP contribution is -2.34. The Morgan fingerprint density at radius 2 is 0.532 bits per heavy atom. The second kappa shape index (κ2) is 26.9. The zero-order valence-electron chi connectivity index (χ0n) is 48.3. The van der Waals surface area contributed by atoms with Gasteiger partial charge >= 0.3 is 0 Å². The fourth-order valence-electron chi connectivity index (χ4n) is 14.2. The van der Waals surface area contributed by atoms with Gasteiger partial charge in [0.15, 0.2) is 46.0 Å². The second-order valence-corrected chi connectivity index (χ2v) is 22.3. The van der Waals surface area contributed by atoms with Gasteiger partial charge in [0.2, 0.25) is 0 Å². The van der Waals surface area contributed by atoms with Crippen LogP contribution in [0.25, 0.3) is 0 Å². The minimum Gasteiger partial charge on any atom is -0.490 e. The molecular weight excluding hydrogens is 965 g/mol. The molecule has 77 heavy (non-hydrogen) atoms. The van der Waals surface area contributed by atoms with Gasteiger partial charge in [0, 0.05) is 24.2 Å². The van der Waals surface area contributed by atoms with E-state index in [1.54, 1.807) is 0 Å². The average Bonchev–Trinajstić information content (AvgIpc) is 3.80. The Bertz CT molecular complexity index is 2230. The molecule has 0 spiro atoms. The van der Waals surface area contributed by atoms with Crippen LogP contribution in [0, 0.1) is 10.8 Å². The molecule has 422 valence electrons. The van der Waals surface area contributed by atoms with Gasteiger partial charge in [-0.15, -0.1) is 0 Å². The Morgan fingerprint density at radius 1 is 0.325 bits per heavy atom. The third-order valence-corrected chi connectivity index (χ3v) is 17.7. The first-order valence-electron chi connectivity index (χ1n) is 30.3. The van der Waals surface area contributed by atoms with Crippen LogP contribution in [-0.4, -0.2) is 79.0 Å². The monoisotopic (exact) mass is 1060 g/mol. The molecule has 1 aliphatic carbocycles. The minimum atomic E-state index is 0.138. The van der Waals surface area contributed by atoms with Crippen LogP contribution < -0.4 is 59.2 Å². The molecule has 4 aromatic rings. The lowest BCUT2D eigenvalue weighted by atomic mass is 9.68. The minimum absolute atomic E-state index is 0.138. The molecule has 0 radical (unpaired) electrons. The summed E-state index contributed by atoms with van der Waals surface area (Å²) in [5.74, 6) is 6.90. The van der Waals surface area contributed by atoms with Gasteiger partial charge in [0.05, 0.1) is 52.9 Å². The highest BCUT2D eigenvalue weighted by Gasteiger charge is 2.48. The standard InChI is InChI=1S/C65H94N4O8/c1-9-70-56-35-44-21-31-66-52(48(44)39-60(56)74-13-5)17-25-64(26-18-53-49-40-61(75-14-6)57(71-10-2)36-45(49)22-32-67-53)29-30-65(43-64,27-19-54-50-41-62(76-15-7)58(72-11-3)37-46(50)23-33-68-54)28-20-55-51-42-63(77-16-8)59(73-12-4)38-47(51)24-34-69-55/h35-42,52-55,66-69H,9-34,43H2,1-8H3. The normalized spacial score (nSPS) is 23.5. The molecule has 9 rings (SSSR count). The van der Waals surface area contributed by atoms with Crippen LogP contribution in [0.1, 0.15) is 195 Å². The van der Waals surface area contributed by atoms with Gasteiger partial charge in [-0.2, -0.15) is 0 Å². The number of nitrogens with one attached hydrogen (secondary N) is 4. The topological polar surface area (TPSA) is 122 Å². The zero-order valence-corrected chi connectivity index (χ0v) is 48.3. The largest absolute Gasteiger partial charge is 0.490 e. The number of hydrogen-bond donors (Lipinski definition) is 4. The van der Waals surface area contributed by atoms with E-state index in [1.165, 1.54) is 63.8 Å². The smallest absolute Gasteiger partial charge is 0.161 e. The van der Waals surface area contributed by atoms with E-state index in [0.717, 1.165) is 149 Å². The van der Waals surface area contributed by atoms with E-state index in [2.05, 4.69) is 125 Å². The number of rotatable bonds is 28. The molecule has 12 heteroatoms. The highest BCUT2D eigenvalue weighted by Crippen LogP contribution is 2.61. The van der Waals surface area contributed by atoms with Crippen molar-refractivity contribution in [2.75, 3.05) is 79.0 Å². The Morgan fingerprint density at radius 3 is 0.740 bits per heavy atom. The van der Waals surface area contributed by atoms with Crippen molar-refractivity contribution in [3.05, 3.63) is 93.0 Å². The van der Waals surface area contributed by atoms with Gasteiger partial charge in [0.25, 0.3) is 0 Å². The summed E-state index contributed by atoms with van der Waals surface area (Å²) >= 11 is 0. The summed E-state index contributed by atoms with van der Waals surface area (Å²) in [6.45, 7) is 25.2. The summed E-state index contributed by atoms with van der Waals surface area (Å²) in [7, 11) is 0. The molecule has 4 aromatic carbocycles. The average molecular weight is 1060 g/mol. The molecule has 4 aliphatic heterocycles. The highest BCUT2D eigenvalue weighted by atomic mass is 16.5. The molecule has 0 amide bonds. The van der Waals surface area contributed by atoms with Crippen LogP contribution >= 0.6 is 0 Å². The van der Waals surface area contributed by atoms with Crippen LogP contribution in [-0.2, 0) is 25.7 Å². The molecule has 5 aliphatic rings. The first kappa shape index (κ1) is 56.8. The molecule has 4 heterocycles. The fraction of sp³-hybridized carbons (Fsp3) is 0.631. The summed E-state index contributed by atoms with van der Waals surface area (Å²) in [5.41, 5.74) is 11.3. The number of hydrogen-bond acceptors (Lipinski definition) is 12. The number of fused-ring (bicyclic) bond motifs is 4. The van der Waals surface area contributed by atoms with Gasteiger partial charge in [0.1, 0.15) is 0 Å². The first-order valence-corrected chi connectivity index (χ1v) is 30.3. The van der Waals surface area contributed by atoms with E-state index in [1.807, 2.05) is 0 Å². The van der Waals surface area contributed by atoms with Crippen molar-refractivity contribution >= 4 is 0 Å². The molecule has 4 unspecified atom stereocenters.